The molecule has 0 bridgehead atoms. The number of nitrogens with two attached hydrogens (primary N) is 1. The van der Waals surface area contributed by atoms with Crippen LogP contribution in [0.4, 0.5) is 0 Å². The summed E-state index contributed by atoms with van der Waals surface area (Å²) in [5, 5.41) is 0. The number of piperidine rings is 1. The molecule has 0 saturated carbocycles. The molecule has 0 aliphatic carbocycles. The number of benzene rings is 1. The summed E-state index contributed by atoms with van der Waals surface area (Å²) in [5.74, 6) is 1.02. The van der Waals surface area contributed by atoms with Gasteiger partial charge < -0.3 is 15.4 Å². The lowest BCUT2D eigenvalue weighted by atomic mass is 9.96. The van der Waals surface area contributed by atoms with Crippen molar-refractivity contribution in [2.24, 2.45) is 5.73 Å². The predicted octanol–water partition coefficient (Wildman–Crippen LogP) is 2.80. The van der Waals surface area contributed by atoms with Gasteiger partial charge in [0.15, 0.2) is 0 Å². The molecule has 4 heteroatoms. The SMILES string of the molecule is Cc1ccc(OCCC(=O)N2CCCCC2C(C)N)c(C)c1. The van der Waals surface area contributed by atoms with Gasteiger partial charge in [0.25, 0.3) is 0 Å². The van der Waals surface area contributed by atoms with Gasteiger partial charge in [-0.15, -0.1) is 0 Å². The van der Waals surface area contributed by atoms with Crippen molar-refractivity contribution in [2.45, 2.75) is 58.5 Å². The summed E-state index contributed by atoms with van der Waals surface area (Å²) >= 11 is 0. The molecule has 1 aromatic carbocycles. The van der Waals surface area contributed by atoms with Crippen LogP contribution in [-0.4, -0.2) is 36.0 Å². The Kier molecular flexibility index (Phi) is 5.83. The highest BCUT2D eigenvalue weighted by Crippen LogP contribution is 2.21. The Balaban J connectivity index is 1.86. The molecule has 1 aliphatic rings. The largest absolute Gasteiger partial charge is 0.493 e. The van der Waals surface area contributed by atoms with Gasteiger partial charge in [-0.25, -0.2) is 0 Å². The van der Waals surface area contributed by atoms with Crippen LogP contribution in [0.5, 0.6) is 5.75 Å². The van der Waals surface area contributed by atoms with Crippen molar-refractivity contribution in [1.82, 2.24) is 4.90 Å². The first-order valence-corrected chi connectivity index (χ1v) is 8.24. The zero-order valence-corrected chi connectivity index (χ0v) is 14.0. The Morgan fingerprint density at radius 2 is 2.18 bits per heavy atom. The molecule has 22 heavy (non-hydrogen) atoms. The summed E-state index contributed by atoms with van der Waals surface area (Å²) in [6.07, 6.45) is 3.67. The van der Waals surface area contributed by atoms with Gasteiger partial charge in [-0.05, 0) is 51.7 Å². The molecular formula is C18H28N2O2. The molecule has 2 atom stereocenters. The van der Waals surface area contributed by atoms with Crippen molar-refractivity contribution in [3.63, 3.8) is 0 Å². The second-order valence-electron chi connectivity index (χ2n) is 6.38. The molecule has 0 spiro atoms. The van der Waals surface area contributed by atoms with Crippen LogP contribution in [0, 0.1) is 13.8 Å². The van der Waals surface area contributed by atoms with Crippen molar-refractivity contribution in [1.29, 1.82) is 0 Å². The van der Waals surface area contributed by atoms with E-state index in [-0.39, 0.29) is 18.0 Å². The molecule has 4 nitrogen and oxygen atoms in total. The molecule has 1 amide bonds. The van der Waals surface area contributed by atoms with Crippen LogP contribution < -0.4 is 10.5 Å². The summed E-state index contributed by atoms with van der Waals surface area (Å²) in [6, 6.07) is 6.31. The standard InChI is InChI=1S/C18H28N2O2/c1-13-7-8-17(14(2)12-13)22-11-9-18(21)20-10-5-4-6-16(20)15(3)19/h7-8,12,15-16H,4-6,9-11,19H2,1-3H3. The lowest BCUT2D eigenvalue weighted by Crippen LogP contribution is -2.51. The highest BCUT2D eigenvalue weighted by Gasteiger charge is 2.28. The Morgan fingerprint density at radius 1 is 1.41 bits per heavy atom. The average molecular weight is 304 g/mol. The second-order valence-corrected chi connectivity index (χ2v) is 6.38. The Bertz CT molecular complexity index is 514. The monoisotopic (exact) mass is 304 g/mol. The number of rotatable bonds is 5. The number of hydrogen-bond donors (Lipinski definition) is 1. The summed E-state index contributed by atoms with van der Waals surface area (Å²) in [5.41, 5.74) is 8.35. The molecule has 2 unspecified atom stereocenters. The van der Waals surface area contributed by atoms with E-state index in [1.54, 1.807) is 0 Å². The Labute approximate surface area is 133 Å². The Hall–Kier alpha value is -1.55. The minimum Gasteiger partial charge on any atom is -0.493 e. The van der Waals surface area contributed by atoms with Crippen molar-refractivity contribution < 1.29 is 9.53 Å². The second kappa shape index (κ2) is 7.63. The van der Waals surface area contributed by atoms with E-state index in [0.717, 1.165) is 37.1 Å². The third-order valence-electron chi connectivity index (χ3n) is 4.38. The molecule has 0 radical (unpaired) electrons. The van der Waals surface area contributed by atoms with Gasteiger partial charge in [0, 0.05) is 18.6 Å². The van der Waals surface area contributed by atoms with Crippen LogP contribution in [0.3, 0.4) is 0 Å². The molecule has 0 aromatic heterocycles. The first-order chi connectivity index (χ1) is 10.5. The van der Waals surface area contributed by atoms with Crippen LogP contribution in [-0.2, 0) is 4.79 Å². The molecule has 1 fully saturated rings. The van der Waals surface area contributed by atoms with E-state index in [2.05, 4.69) is 13.0 Å². The first kappa shape index (κ1) is 16.8. The van der Waals surface area contributed by atoms with Gasteiger partial charge in [0.1, 0.15) is 5.75 Å². The van der Waals surface area contributed by atoms with E-state index in [4.69, 9.17) is 10.5 Å². The van der Waals surface area contributed by atoms with E-state index in [9.17, 15) is 4.79 Å². The zero-order valence-electron chi connectivity index (χ0n) is 14.0. The predicted molar refractivity (Wildman–Crippen MR) is 89.0 cm³/mol. The van der Waals surface area contributed by atoms with Gasteiger partial charge >= 0.3 is 0 Å². The molecule has 2 N–H and O–H groups in total. The third kappa shape index (κ3) is 4.23. The molecule has 2 rings (SSSR count). The number of carbonyl (C=O) groups excluding carboxylic acids is 1. The minimum atomic E-state index is 0.0320. The number of aryl methyl sites for hydroxylation is 2. The molecular weight excluding hydrogens is 276 g/mol. The number of likely N-dealkylation sites (tertiary alicyclic amines) is 1. The first-order valence-electron chi connectivity index (χ1n) is 8.24. The highest BCUT2D eigenvalue weighted by molar-refractivity contribution is 5.76. The van der Waals surface area contributed by atoms with Crippen molar-refractivity contribution in [3.8, 4) is 5.75 Å². The fourth-order valence-corrected chi connectivity index (χ4v) is 3.17. The zero-order chi connectivity index (χ0) is 16.1. The number of amides is 1. The maximum absolute atomic E-state index is 12.4. The smallest absolute Gasteiger partial charge is 0.226 e. The van der Waals surface area contributed by atoms with Gasteiger partial charge in [0.05, 0.1) is 13.0 Å². The van der Waals surface area contributed by atoms with E-state index in [0.29, 0.717) is 13.0 Å². The topological polar surface area (TPSA) is 55.6 Å². The maximum Gasteiger partial charge on any atom is 0.226 e. The third-order valence-corrected chi connectivity index (χ3v) is 4.38. The van der Waals surface area contributed by atoms with Crippen LogP contribution >= 0.6 is 0 Å². The summed E-state index contributed by atoms with van der Waals surface area (Å²) in [4.78, 5) is 14.4. The lowest BCUT2D eigenvalue weighted by molar-refractivity contribution is -0.135. The van der Waals surface area contributed by atoms with Gasteiger partial charge in [-0.2, -0.15) is 0 Å². The number of hydrogen-bond acceptors (Lipinski definition) is 3. The van der Waals surface area contributed by atoms with E-state index in [1.807, 2.05) is 30.9 Å². The number of ether oxygens (including phenoxy) is 1. The van der Waals surface area contributed by atoms with Gasteiger partial charge in [-0.1, -0.05) is 17.7 Å². The van der Waals surface area contributed by atoms with Crippen LogP contribution in [0.1, 0.15) is 43.7 Å². The van der Waals surface area contributed by atoms with Crippen LogP contribution in [0.2, 0.25) is 0 Å². The number of nitrogens with zero attached hydrogens (tertiary/aromatic N) is 1. The quantitative estimate of drug-likeness (QED) is 0.910. The van der Waals surface area contributed by atoms with E-state index in [1.165, 1.54) is 5.56 Å². The van der Waals surface area contributed by atoms with E-state index >= 15 is 0 Å². The fraction of sp³-hybridized carbons (Fsp3) is 0.611. The van der Waals surface area contributed by atoms with Gasteiger partial charge in [-0.3, -0.25) is 4.79 Å². The van der Waals surface area contributed by atoms with Crippen LogP contribution in [0.15, 0.2) is 18.2 Å². The maximum atomic E-state index is 12.4. The highest BCUT2D eigenvalue weighted by atomic mass is 16.5. The fourth-order valence-electron chi connectivity index (χ4n) is 3.17. The van der Waals surface area contributed by atoms with E-state index < -0.39 is 0 Å². The normalized spacial score (nSPS) is 19.8. The van der Waals surface area contributed by atoms with Gasteiger partial charge in [0.2, 0.25) is 5.91 Å². The van der Waals surface area contributed by atoms with Crippen LogP contribution in [0.25, 0.3) is 0 Å². The minimum absolute atomic E-state index is 0.0320. The molecule has 1 aliphatic heterocycles. The Morgan fingerprint density at radius 3 is 2.86 bits per heavy atom. The molecule has 122 valence electrons. The molecule has 1 heterocycles. The summed E-state index contributed by atoms with van der Waals surface area (Å²) in [6.45, 7) is 7.33. The number of carbonyl (C=O) groups is 1. The molecule has 1 saturated heterocycles. The summed E-state index contributed by atoms with van der Waals surface area (Å²) in [7, 11) is 0. The van der Waals surface area contributed by atoms with Crippen molar-refractivity contribution in [3.05, 3.63) is 29.3 Å². The molecule has 1 aromatic rings. The average Bonchev–Trinajstić information content (AvgIpc) is 2.49. The summed E-state index contributed by atoms with van der Waals surface area (Å²) < 4.78 is 5.77. The van der Waals surface area contributed by atoms with Crippen molar-refractivity contribution >= 4 is 5.91 Å². The van der Waals surface area contributed by atoms with Crippen molar-refractivity contribution in [2.75, 3.05) is 13.2 Å². The lowest BCUT2D eigenvalue weighted by Gasteiger charge is -2.38.